The van der Waals surface area contributed by atoms with E-state index in [0.29, 0.717) is 0 Å². The van der Waals surface area contributed by atoms with E-state index >= 15 is 0 Å². The highest BCUT2D eigenvalue weighted by Crippen LogP contribution is 2.26. The van der Waals surface area contributed by atoms with Crippen molar-refractivity contribution in [3.8, 4) is 0 Å². The fourth-order valence-electron chi connectivity index (χ4n) is 1.59. The number of carbonyl (C=O) groups excluding carboxylic acids is 1. The van der Waals surface area contributed by atoms with Crippen molar-refractivity contribution in [2.45, 2.75) is 32.1 Å². The molecule has 0 aliphatic rings. The van der Waals surface area contributed by atoms with Gasteiger partial charge in [-0.2, -0.15) is 0 Å². The Morgan fingerprint density at radius 1 is 1.33 bits per heavy atom. The van der Waals surface area contributed by atoms with Crippen molar-refractivity contribution < 1.29 is 18.1 Å². The minimum Gasteiger partial charge on any atom is -0.299 e. The van der Waals surface area contributed by atoms with Crippen LogP contribution in [0.15, 0.2) is 23.1 Å². The van der Waals surface area contributed by atoms with Gasteiger partial charge in [-0.1, -0.05) is 26.8 Å². The maximum absolute atomic E-state index is 12.0. The predicted molar refractivity (Wildman–Crippen MR) is 77.5 cm³/mol. The lowest BCUT2D eigenvalue weighted by Crippen LogP contribution is -2.23. The number of benzene rings is 1. The number of carbonyl (C=O) groups is 1. The first-order valence-corrected chi connectivity index (χ1v) is 7.71. The van der Waals surface area contributed by atoms with Crippen molar-refractivity contribution in [3.63, 3.8) is 0 Å². The first kappa shape index (κ1) is 17.3. The van der Waals surface area contributed by atoms with Gasteiger partial charge in [-0.05, 0) is 13.1 Å². The molecule has 1 aromatic carbocycles. The molecule has 0 spiro atoms. The fraction of sp³-hybridized carbons (Fsp3) is 0.462. The van der Waals surface area contributed by atoms with Crippen molar-refractivity contribution in [2.75, 3.05) is 7.05 Å². The Kier molecular flexibility index (Phi) is 4.85. The number of ketones is 1. The zero-order valence-electron chi connectivity index (χ0n) is 12.3. The SMILES string of the molecule is CNS(=O)(=O)c1ccc(CC(=O)C(C)(C)C)c([N+](=O)[O-])c1. The van der Waals surface area contributed by atoms with Gasteiger partial charge in [0.15, 0.2) is 0 Å². The average molecular weight is 314 g/mol. The number of hydrogen-bond acceptors (Lipinski definition) is 5. The van der Waals surface area contributed by atoms with Gasteiger partial charge in [0.25, 0.3) is 5.69 Å². The predicted octanol–water partition coefficient (Wildman–Crippen LogP) is 1.66. The van der Waals surface area contributed by atoms with Crippen molar-refractivity contribution in [1.82, 2.24) is 4.72 Å². The fourth-order valence-corrected chi connectivity index (χ4v) is 2.34. The zero-order valence-corrected chi connectivity index (χ0v) is 13.2. The van der Waals surface area contributed by atoms with Crippen LogP contribution in [0.25, 0.3) is 0 Å². The molecule has 0 aliphatic heterocycles. The van der Waals surface area contributed by atoms with Gasteiger partial charge < -0.3 is 0 Å². The van der Waals surface area contributed by atoms with Gasteiger partial charge in [0.05, 0.1) is 9.82 Å². The molecule has 21 heavy (non-hydrogen) atoms. The Hall–Kier alpha value is -1.80. The van der Waals surface area contributed by atoms with Crippen molar-refractivity contribution in [3.05, 3.63) is 33.9 Å². The topological polar surface area (TPSA) is 106 Å². The third-order valence-corrected chi connectivity index (χ3v) is 4.43. The minimum absolute atomic E-state index is 0.111. The summed E-state index contributed by atoms with van der Waals surface area (Å²) in [6, 6.07) is 3.53. The highest BCUT2D eigenvalue weighted by Gasteiger charge is 2.26. The smallest absolute Gasteiger partial charge is 0.274 e. The Morgan fingerprint density at radius 3 is 2.33 bits per heavy atom. The Balaban J connectivity index is 3.31. The summed E-state index contributed by atoms with van der Waals surface area (Å²) in [6.45, 7) is 5.17. The van der Waals surface area contributed by atoms with Crippen molar-refractivity contribution >= 4 is 21.5 Å². The summed E-state index contributed by atoms with van der Waals surface area (Å²) in [5.41, 5.74) is -0.789. The molecule has 1 rings (SSSR count). The molecule has 0 radical (unpaired) electrons. The van der Waals surface area contributed by atoms with Crippen LogP contribution in [0, 0.1) is 15.5 Å². The minimum atomic E-state index is -3.77. The van der Waals surface area contributed by atoms with Crippen LogP contribution < -0.4 is 4.72 Å². The summed E-state index contributed by atoms with van der Waals surface area (Å²) in [5.74, 6) is -0.158. The van der Waals surface area contributed by atoms with E-state index in [-0.39, 0.29) is 28.4 Å². The lowest BCUT2D eigenvalue weighted by molar-refractivity contribution is -0.385. The normalized spacial score (nSPS) is 12.2. The Morgan fingerprint density at radius 2 is 1.90 bits per heavy atom. The van der Waals surface area contributed by atoms with Crippen LogP contribution in [0.1, 0.15) is 26.3 Å². The first-order chi connectivity index (χ1) is 9.49. The van der Waals surface area contributed by atoms with E-state index in [4.69, 9.17) is 0 Å². The van der Waals surface area contributed by atoms with E-state index in [2.05, 4.69) is 4.72 Å². The second-order valence-corrected chi connectivity index (χ2v) is 7.49. The van der Waals surface area contributed by atoms with Gasteiger partial charge in [0.1, 0.15) is 5.78 Å². The van der Waals surface area contributed by atoms with Crippen LogP contribution in [0.4, 0.5) is 5.69 Å². The van der Waals surface area contributed by atoms with Gasteiger partial charge in [-0.15, -0.1) is 0 Å². The molecule has 116 valence electrons. The maximum Gasteiger partial charge on any atom is 0.274 e. The molecule has 0 saturated heterocycles. The first-order valence-electron chi connectivity index (χ1n) is 6.23. The summed E-state index contributed by atoms with van der Waals surface area (Å²) in [6.07, 6.45) is -0.111. The molecule has 0 fully saturated rings. The van der Waals surface area contributed by atoms with E-state index in [9.17, 15) is 23.3 Å². The van der Waals surface area contributed by atoms with Crippen LogP contribution in [0.2, 0.25) is 0 Å². The number of nitrogens with zero attached hydrogens (tertiary/aromatic N) is 1. The number of rotatable bonds is 5. The molecule has 1 aromatic rings. The Labute approximate surface area is 123 Å². The molecule has 0 unspecified atom stereocenters. The number of nitro benzene ring substituents is 1. The van der Waals surface area contributed by atoms with Crippen LogP contribution in [-0.4, -0.2) is 26.2 Å². The molecule has 0 atom stereocenters. The highest BCUT2D eigenvalue weighted by molar-refractivity contribution is 7.89. The summed E-state index contributed by atoms with van der Waals surface area (Å²) in [4.78, 5) is 22.2. The lowest BCUT2D eigenvalue weighted by Gasteiger charge is -2.16. The number of nitrogens with one attached hydrogen (secondary N) is 1. The molecule has 0 aliphatic carbocycles. The molecule has 1 N–H and O–H groups in total. The highest BCUT2D eigenvalue weighted by atomic mass is 32.2. The lowest BCUT2D eigenvalue weighted by atomic mass is 9.87. The van der Waals surface area contributed by atoms with E-state index < -0.39 is 20.4 Å². The second kappa shape index (κ2) is 5.90. The summed E-state index contributed by atoms with van der Waals surface area (Å²) in [7, 11) is -2.55. The quantitative estimate of drug-likeness (QED) is 0.657. The van der Waals surface area contributed by atoms with E-state index in [1.54, 1.807) is 20.8 Å². The van der Waals surface area contributed by atoms with Gasteiger partial charge >= 0.3 is 0 Å². The molecule has 8 heteroatoms. The average Bonchev–Trinajstić information content (AvgIpc) is 2.37. The largest absolute Gasteiger partial charge is 0.299 e. The van der Waals surface area contributed by atoms with Gasteiger partial charge in [0, 0.05) is 23.5 Å². The van der Waals surface area contributed by atoms with Crippen LogP contribution in [-0.2, 0) is 21.2 Å². The van der Waals surface area contributed by atoms with Crippen molar-refractivity contribution in [2.24, 2.45) is 5.41 Å². The second-order valence-electron chi connectivity index (χ2n) is 5.61. The molecular formula is C13H18N2O5S. The van der Waals surface area contributed by atoms with Gasteiger partial charge in [-0.25, -0.2) is 13.1 Å². The molecular weight excluding hydrogens is 296 g/mol. The maximum atomic E-state index is 12.0. The Bertz CT molecular complexity index is 674. The molecule has 7 nitrogen and oxygen atoms in total. The molecule has 0 heterocycles. The summed E-state index contributed by atoms with van der Waals surface area (Å²) < 4.78 is 25.4. The molecule has 0 amide bonds. The molecule has 0 aromatic heterocycles. The third-order valence-electron chi connectivity index (χ3n) is 3.02. The monoisotopic (exact) mass is 314 g/mol. The van der Waals surface area contributed by atoms with Gasteiger partial charge in [0.2, 0.25) is 10.0 Å². The van der Waals surface area contributed by atoms with Crippen LogP contribution in [0.5, 0.6) is 0 Å². The number of hydrogen-bond donors (Lipinski definition) is 1. The van der Waals surface area contributed by atoms with Gasteiger partial charge in [-0.3, -0.25) is 14.9 Å². The van der Waals surface area contributed by atoms with E-state index in [1.165, 1.54) is 19.2 Å². The summed E-state index contributed by atoms with van der Waals surface area (Å²) in [5, 5.41) is 11.1. The van der Waals surface area contributed by atoms with Crippen LogP contribution >= 0.6 is 0 Å². The van der Waals surface area contributed by atoms with Crippen LogP contribution in [0.3, 0.4) is 0 Å². The number of sulfonamides is 1. The summed E-state index contributed by atoms with van der Waals surface area (Å²) >= 11 is 0. The third kappa shape index (κ3) is 4.08. The molecule has 0 bridgehead atoms. The standard InChI is InChI=1S/C13H18N2O5S/c1-13(2,3)12(16)7-9-5-6-10(21(19,20)14-4)8-11(9)15(17)18/h5-6,8,14H,7H2,1-4H3. The zero-order chi connectivity index (χ0) is 16.4. The molecule has 0 saturated carbocycles. The van der Waals surface area contributed by atoms with E-state index in [0.717, 1.165) is 6.07 Å². The van der Waals surface area contributed by atoms with E-state index in [1.807, 2.05) is 0 Å². The van der Waals surface area contributed by atoms with Crippen molar-refractivity contribution in [1.29, 1.82) is 0 Å². The number of Topliss-reactive ketones (excluding diaryl/α,β-unsaturated/α-hetero) is 1. The number of nitro groups is 1.